The fourth-order valence-corrected chi connectivity index (χ4v) is 3.42. The van der Waals surface area contributed by atoms with Crippen molar-refractivity contribution in [1.82, 2.24) is 20.4 Å². The highest BCUT2D eigenvalue weighted by atomic mass is 35.5. The van der Waals surface area contributed by atoms with Gasteiger partial charge in [-0.3, -0.25) is 9.48 Å². The van der Waals surface area contributed by atoms with E-state index in [-0.39, 0.29) is 18.3 Å². The monoisotopic (exact) mass is 392 g/mol. The summed E-state index contributed by atoms with van der Waals surface area (Å²) < 4.78 is 7.68. The van der Waals surface area contributed by atoms with Crippen LogP contribution >= 0.6 is 12.4 Å². The van der Waals surface area contributed by atoms with Crippen molar-refractivity contribution in [3.05, 3.63) is 47.8 Å². The summed E-state index contributed by atoms with van der Waals surface area (Å²) in [5.74, 6) is 0.871. The fraction of sp³-hybridized carbons (Fsp3) is 0.500. The first-order valence-corrected chi connectivity index (χ1v) is 9.37. The number of hydrogen-bond acceptors (Lipinski definition) is 4. The van der Waals surface area contributed by atoms with Crippen LogP contribution in [0.15, 0.2) is 36.7 Å². The number of carbonyl (C=O) groups excluding carboxylic acids is 1. The lowest BCUT2D eigenvalue weighted by atomic mass is 9.87. The molecule has 1 saturated heterocycles. The molecule has 1 aliphatic heterocycles. The lowest BCUT2D eigenvalue weighted by Crippen LogP contribution is -2.54. The van der Waals surface area contributed by atoms with E-state index in [1.165, 1.54) is 0 Å². The Morgan fingerprint density at radius 3 is 2.81 bits per heavy atom. The average molecular weight is 393 g/mol. The molecule has 0 spiro atoms. The molecule has 2 N–H and O–H groups in total. The summed E-state index contributed by atoms with van der Waals surface area (Å²) in [6, 6.07) is 7.98. The Labute approximate surface area is 167 Å². The largest absolute Gasteiger partial charge is 0.493 e. The average Bonchev–Trinajstić information content (AvgIpc) is 3.21. The van der Waals surface area contributed by atoms with Gasteiger partial charge in [-0.05, 0) is 57.0 Å². The van der Waals surface area contributed by atoms with Crippen molar-refractivity contribution in [3.63, 3.8) is 0 Å². The Morgan fingerprint density at radius 2 is 2.15 bits per heavy atom. The van der Waals surface area contributed by atoms with Gasteiger partial charge in [0.2, 0.25) is 5.91 Å². The second-order valence-corrected chi connectivity index (χ2v) is 6.87. The zero-order chi connectivity index (χ0) is 18.4. The van der Waals surface area contributed by atoms with Crippen molar-refractivity contribution in [2.45, 2.75) is 45.2 Å². The maximum absolute atomic E-state index is 13.1. The van der Waals surface area contributed by atoms with Crippen LogP contribution in [0.1, 0.15) is 37.3 Å². The number of halogens is 1. The van der Waals surface area contributed by atoms with Crippen LogP contribution in [0.25, 0.3) is 0 Å². The Kier molecular flexibility index (Phi) is 7.68. The molecule has 7 heteroatoms. The van der Waals surface area contributed by atoms with Crippen LogP contribution in [0.4, 0.5) is 0 Å². The van der Waals surface area contributed by atoms with Gasteiger partial charge in [0.15, 0.2) is 0 Å². The highest BCUT2D eigenvalue weighted by Crippen LogP contribution is 2.28. The molecule has 27 heavy (non-hydrogen) atoms. The molecule has 0 atom stereocenters. The highest BCUT2D eigenvalue weighted by molar-refractivity contribution is 5.85. The number of carbonyl (C=O) groups is 1. The minimum Gasteiger partial charge on any atom is -0.493 e. The molecule has 2 aromatic rings. The number of piperidine rings is 1. The van der Waals surface area contributed by atoms with E-state index in [1.54, 1.807) is 6.20 Å². The lowest BCUT2D eigenvalue weighted by Gasteiger charge is -2.36. The summed E-state index contributed by atoms with van der Waals surface area (Å²) in [6.07, 6.45) is 6.02. The van der Waals surface area contributed by atoms with Gasteiger partial charge in [0.25, 0.3) is 0 Å². The predicted octanol–water partition coefficient (Wildman–Crippen LogP) is 2.80. The van der Waals surface area contributed by atoms with Gasteiger partial charge in [-0.2, -0.15) is 5.10 Å². The van der Waals surface area contributed by atoms with E-state index in [2.05, 4.69) is 22.7 Å². The summed E-state index contributed by atoms with van der Waals surface area (Å²) >= 11 is 0. The van der Waals surface area contributed by atoms with Crippen molar-refractivity contribution in [3.8, 4) is 5.75 Å². The van der Waals surface area contributed by atoms with Crippen LogP contribution < -0.4 is 15.4 Å². The first kappa shape index (κ1) is 21.3. The normalized spacial score (nSPS) is 15.6. The van der Waals surface area contributed by atoms with Gasteiger partial charge >= 0.3 is 0 Å². The molecule has 0 bridgehead atoms. The second kappa shape index (κ2) is 9.76. The Balaban J connectivity index is 0.00000261. The van der Waals surface area contributed by atoms with Gasteiger partial charge in [0.05, 0.1) is 6.61 Å². The van der Waals surface area contributed by atoms with E-state index in [1.807, 2.05) is 42.1 Å². The quantitative estimate of drug-likeness (QED) is 0.760. The van der Waals surface area contributed by atoms with Crippen LogP contribution in [0.3, 0.4) is 0 Å². The molecule has 148 valence electrons. The summed E-state index contributed by atoms with van der Waals surface area (Å²) in [4.78, 5) is 13.1. The molecule has 1 fully saturated rings. The summed E-state index contributed by atoms with van der Waals surface area (Å²) in [7, 11) is 0. The van der Waals surface area contributed by atoms with E-state index in [0.717, 1.165) is 49.2 Å². The first-order chi connectivity index (χ1) is 12.7. The maximum Gasteiger partial charge on any atom is 0.248 e. The summed E-state index contributed by atoms with van der Waals surface area (Å²) in [5, 5.41) is 10.8. The third kappa shape index (κ3) is 4.82. The summed E-state index contributed by atoms with van der Waals surface area (Å²) in [5.41, 5.74) is 1.53. The number of hydrogen-bond donors (Lipinski definition) is 2. The third-order valence-corrected chi connectivity index (χ3v) is 4.92. The van der Waals surface area contributed by atoms with Crippen LogP contribution in [0, 0.1) is 6.92 Å². The van der Waals surface area contributed by atoms with Gasteiger partial charge < -0.3 is 15.4 Å². The van der Waals surface area contributed by atoms with E-state index in [4.69, 9.17) is 4.74 Å². The molecule has 6 nitrogen and oxygen atoms in total. The molecule has 3 rings (SSSR count). The van der Waals surface area contributed by atoms with Gasteiger partial charge in [-0.25, -0.2) is 0 Å². The SMILES string of the molecule is CCCOc1cc(C)ccc1CNC(=O)C1(n2cccn2)CCNCC1.Cl. The smallest absolute Gasteiger partial charge is 0.248 e. The van der Waals surface area contributed by atoms with Crippen LogP contribution in [-0.2, 0) is 16.9 Å². The van der Waals surface area contributed by atoms with Crippen LogP contribution in [0.5, 0.6) is 5.75 Å². The van der Waals surface area contributed by atoms with E-state index in [0.29, 0.717) is 13.2 Å². The predicted molar refractivity (Wildman–Crippen MR) is 108 cm³/mol. The molecular formula is C20H29ClN4O2. The van der Waals surface area contributed by atoms with Crippen molar-refractivity contribution in [2.24, 2.45) is 0 Å². The molecule has 2 heterocycles. The zero-order valence-corrected chi connectivity index (χ0v) is 16.8. The highest BCUT2D eigenvalue weighted by Gasteiger charge is 2.41. The molecular weight excluding hydrogens is 364 g/mol. The van der Waals surface area contributed by atoms with E-state index in [9.17, 15) is 4.79 Å². The van der Waals surface area contributed by atoms with Gasteiger partial charge in [-0.15, -0.1) is 12.4 Å². The Bertz CT molecular complexity index is 728. The Hall–Kier alpha value is -2.05. The maximum atomic E-state index is 13.1. The number of aryl methyl sites for hydroxylation is 1. The van der Waals surface area contributed by atoms with Crippen molar-refractivity contribution in [1.29, 1.82) is 0 Å². The number of nitrogens with one attached hydrogen (secondary N) is 2. The first-order valence-electron chi connectivity index (χ1n) is 9.37. The lowest BCUT2D eigenvalue weighted by molar-refractivity contribution is -0.132. The minimum atomic E-state index is -0.621. The molecule has 0 saturated carbocycles. The van der Waals surface area contributed by atoms with Crippen LogP contribution in [0.2, 0.25) is 0 Å². The molecule has 0 aliphatic carbocycles. The molecule has 1 amide bonds. The van der Waals surface area contributed by atoms with Crippen molar-refractivity contribution in [2.75, 3.05) is 19.7 Å². The van der Waals surface area contributed by atoms with Gasteiger partial charge in [0.1, 0.15) is 11.3 Å². The zero-order valence-electron chi connectivity index (χ0n) is 16.0. The van der Waals surface area contributed by atoms with Crippen LogP contribution in [-0.4, -0.2) is 35.4 Å². The Morgan fingerprint density at radius 1 is 1.37 bits per heavy atom. The standard InChI is InChI=1S/C20H28N4O2.ClH/c1-3-13-26-18-14-16(2)5-6-17(18)15-22-19(25)20(7-10-21-11-8-20)24-12-4-9-23-24;/h4-6,9,12,14,21H,3,7-8,10-11,13,15H2,1-2H3,(H,22,25);1H. The second-order valence-electron chi connectivity index (χ2n) is 6.87. The number of ether oxygens (including phenoxy) is 1. The fourth-order valence-electron chi connectivity index (χ4n) is 3.42. The molecule has 0 unspecified atom stereocenters. The van der Waals surface area contributed by atoms with Crippen molar-refractivity contribution < 1.29 is 9.53 Å². The minimum absolute atomic E-state index is 0. The number of amides is 1. The summed E-state index contributed by atoms with van der Waals surface area (Å²) in [6.45, 7) is 6.87. The number of benzene rings is 1. The molecule has 1 aliphatic rings. The molecule has 1 aromatic carbocycles. The molecule has 1 aromatic heterocycles. The number of aromatic nitrogens is 2. The van der Waals surface area contributed by atoms with E-state index >= 15 is 0 Å². The van der Waals surface area contributed by atoms with Crippen molar-refractivity contribution >= 4 is 18.3 Å². The third-order valence-electron chi connectivity index (χ3n) is 4.92. The number of nitrogens with zero attached hydrogens (tertiary/aromatic N) is 2. The molecule has 0 radical (unpaired) electrons. The van der Waals surface area contributed by atoms with Gasteiger partial charge in [-0.1, -0.05) is 19.1 Å². The topological polar surface area (TPSA) is 68.2 Å². The number of rotatable bonds is 7. The van der Waals surface area contributed by atoms with E-state index < -0.39 is 5.54 Å². The van der Waals surface area contributed by atoms with Gasteiger partial charge in [0, 0.05) is 24.5 Å².